The zero-order valence-electron chi connectivity index (χ0n) is 37.4. The van der Waals surface area contributed by atoms with Gasteiger partial charge in [-0.2, -0.15) is 0 Å². The highest BCUT2D eigenvalue weighted by atomic mass is 16.3. The van der Waals surface area contributed by atoms with Gasteiger partial charge in [-0.05, 0) is 110 Å². The van der Waals surface area contributed by atoms with Crippen LogP contribution >= 0.6 is 0 Å². The quantitative estimate of drug-likeness (QED) is 0.182. The van der Waals surface area contributed by atoms with Gasteiger partial charge in [-0.1, -0.05) is 159 Å². The summed E-state index contributed by atoms with van der Waals surface area (Å²) in [7, 11) is 0. The number of rotatable bonds is 6. The fourth-order valence-corrected chi connectivity index (χ4v) is 8.64. The van der Waals surface area contributed by atoms with Crippen molar-refractivity contribution in [2.24, 2.45) is 0 Å². The molecule has 0 aliphatic carbocycles. The van der Waals surface area contributed by atoms with Gasteiger partial charge in [0, 0.05) is 44.9 Å². The van der Waals surface area contributed by atoms with Crippen molar-refractivity contribution in [3.63, 3.8) is 0 Å². The molecule has 0 saturated carbocycles. The van der Waals surface area contributed by atoms with E-state index in [1.165, 1.54) is 38.5 Å². The van der Waals surface area contributed by atoms with E-state index in [4.69, 9.17) is 9.97 Å². The van der Waals surface area contributed by atoms with Gasteiger partial charge in [0.05, 0.1) is 28.1 Å². The van der Waals surface area contributed by atoms with E-state index in [1.807, 2.05) is 24.4 Å². The zero-order valence-corrected chi connectivity index (χ0v) is 37.4. The van der Waals surface area contributed by atoms with Gasteiger partial charge in [0.25, 0.3) is 0 Å². The number of hydrogen-bond acceptors (Lipinski definition) is 3. The first-order valence-corrected chi connectivity index (χ1v) is 21.7. The van der Waals surface area contributed by atoms with Crippen LogP contribution in [0.15, 0.2) is 164 Å². The maximum absolute atomic E-state index is 11.2. The fraction of sp³-hybridized carbons (Fsp3) is 0.207. The Kier molecular flexibility index (Phi) is 10.0. The summed E-state index contributed by atoms with van der Waals surface area (Å²) in [5.74, 6) is 0.190. The van der Waals surface area contributed by atoms with Crippen LogP contribution in [0.3, 0.4) is 0 Å². The molecule has 9 rings (SSSR count). The molecule has 3 heterocycles. The number of pyridine rings is 2. The zero-order chi connectivity index (χ0) is 43.6. The van der Waals surface area contributed by atoms with Gasteiger partial charge in [0.1, 0.15) is 5.75 Å². The lowest BCUT2D eigenvalue weighted by Gasteiger charge is -2.27. The van der Waals surface area contributed by atoms with E-state index in [9.17, 15) is 5.11 Å². The first-order valence-electron chi connectivity index (χ1n) is 21.7. The maximum atomic E-state index is 11.2. The number of phenols is 1. The van der Waals surface area contributed by atoms with Crippen LogP contribution in [0.5, 0.6) is 5.75 Å². The monoisotopic (exact) mass is 809 g/mol. The number of aromatic nitrogens is 3. The molecule has 0 unspecified atom stereocenters. The summed E-state index contributed by atoms with van der Waals surface area (Å²) in [4.78, 5) is 10.1. The minimum absolute atomic E-state index is 0.00428. The van der Waals surface area contributed by atoms with Crippen LogP contribution in [0.1, 0.15) is 79.0 Å². The van der Waals surface area contributed by atoms with Crippen molar-refractivity contribution in [3.05, 3.63) is 181 Å². The Labute approximate surface area is 366 Å². The molecular formula is C58H55N3O. The SMILES string of the molecule is CC(C)(C)c1cc(-n2c3ccccc3c3cccc(-c4ccccc4-c4cc(-c5cccc(-c6cc(C(C)(C)C)ccn6)c5)nc(-c5ccccc5O)c4)c32)cc(C(C)(C)C)c1. The summed E-state index contributed by atoms with van der Waals surface area (Å²) < 4.78 is 2.49. The van der Waals surface area contributed by atoms with Crippen LogP contribution in [0.25, 0.3) is 83.5 Å². The van der Waals surface area contributed by atoms with E-state index in [2.05, 4.69) is 200 Å². The molecule has 0 fully saturated rings. The number of benzene rings is 6. The molecule has 0 saturated heterocycles. The molecule has 0 radical (unpaired) electrons. The Bertz CT molecular complexity index is 3110. The molecule has 0 aliphatic rings. The third kappa shape index (κ3) is 7.60. The van der Waals surface area contributed by atoms with Crippen molar-refractivity contribution in [1.82, 2.24) is 14.5 Å². The lowest BCUT2D eigenvalue weighted by molar-refractivity contribution is 0.477. The van der Waals surface area contributed by atoms with Crippen LogP contribution < -0.4 is 0 Å². The molecular weight excluding hydrogens is 755 g/mol. The number of aromatic hydroxyl groups is 1. The van der Waals surface area contributed by atoms with Crippen molar-refractivity contribution in [1.29, 1.82) is 0 Å². The highest BCUT2D eigenvalue weighted by Gasteiger charge is 2.25. The first-order chi connectivity index (χ1) is 29.5. The van der Waals surface area contributed by atoms with Crippen LogP contribution in [0.4, 0.5) is 0 Å². The summed E-state index contributed by atoms with van der Waals surface area (Å²) in [5.41, 5.74) is 16.7. The van der Waals surface area contributed by atoms with E-state index in [1.54, 1.807) is 6.07 Å². The van der Waals surface area contributed by atoms with Gasteiger partial charge >= 0.3 is 0 Å². The third-order valence-electron chi connectivity index (χ3n) is 12.2. The number of nitrogens with zero attached hydrogens (tertiary/aromatic N) is 3. The second-order valence-electron chi connectivity index (χ2n) is 19.8. The molecule has 1 N–H and O–H groups in total. The molecule has 308 valence electrons. The van der Waals surface area contributed by atoms with Crippen molar-refractivity contribution < 1.29 is 5.11 Å². The molecule has 6 aromatic carbocycles. The van der Waals surface area contributed by atoms with E-state index in [-0.39, 0.29) is 22.0 Å². The largest absolute Gasteiger partial charge is 0.507 e. The lowest BCUT2D eigenvalue weighted by Crippen LogP contribution is -2.17. The van der Waals surface area contributed by atoms with Gasteiger partial charge in [-0.25, -0.2) is 4.98 Å². The van der Waals surface area contributed by atoms with Crippen LogP contribution in [0.2, 0.25) is 0 Å². The Morgan fingerprint density at radius 3 is 1.68 bits per heavy atom. The van der Waals surface area contributed by atoms with Crippen molar-refractivity contribution in [3.8, 4) is 67.5 Å². The Hall–Kier alpha value is -6.78. The molecule has 9 aromatic rings. The highest BCUT2D eigenvalue weighted by molar-refractivity contribution is 6.14. The predicted molar refractivity (Wildman–Crippen MR) is 261 cm³/mol. The molecule has 0 aliphatic heterocycles. The van der Waals surface area contributed by atoms with Crippen molar-refractivity contribution in [2.45, 2.75) is 78.6 Å². The normalized spacial score (nSPS) is 12.3. The Morgan fingerprint density at radius 1 is 0.419 bits per heavy atom. The fourth-order valence-electron chi connectivity index (χ4n) is 8.64. The standard InChI is InChI=1S/C58H55N3O/c1-56(2,3)40-28-29-59-50(36-40)37-18-16-19-38(30-37)51-31-39(32-52(60-51)49-23-13-15-27-54(49)62)44-20-10-11-21-45(44)47-24-17-25-48-46-22-12-14-26-53(46)61(55(47)48)43-34-41(57(4,5)6)33-42(35-43)58(7,8)9/h10-36,62H,1-9H3. The van der Waals surface area contributed by atoms with E-state index >= 15 is 0 Å². The molecule has 0 spiro atoms. The summed E-state index contributed by atoms with van der Waals surface area (Å²) in [6.45, 7) is 20.5. The predicted octanol–water partition coefficient (Wildman–Crippen LogP) is 15.5. The van der Waals surface area contributed by atoms with Crippen molar-refractivity contribution >= 4 is 21.8 Å². The van der Waals surface area contributed by atoms with Gasteiger partial charge in [-0.15, -0.1) is 0 Å². The summed E-state index contributed by atoms with van der Waals surface area (Å²) in [5, 5.41) is 13.6. The summed E-state index contributed by atoms with van der Waals surface area (Å²) in [6.07, 6.45) is 1.90. The van der Waals surface area contributed by atoms with E-state index in [0.29, 0.717) is 11.3 Å². The third-order valence-corrected chi connectivity index (χ3v) is 12.2. The average molecular weight is 810 g/mol. The minimum Gasteiger partial charge on any atom is -0.507 e. The topological polar surface area (TPSA) is 50.9 Å². The number of para-hydroxylation sites is 3. The van der Waals surface area contributed by atoms with E-state index < -0.39 is 0 Å². The highest BCUT2D eigenvalue weighted by Crippen LogP contribution is 2.44. The van der Waals surface area contributed by atoms with Crippen LogP contribution in [0, 0.1) is 0 Å². The molecule has 3 aromatic heterocycles. The molecule has 4 heteroatoms. The van der Waals surface area contributed by atoms with E-state index in [0.717, 1.165) is 50.5 Å². The van der Waals surface area contributed by atoms with Gasteiger partial charge in [-0.3, -0.25) is 4.98 Å². The summed E-state index contributed by atoms with van der Waals surface area (Å²) >= 11 is 0. The number of fused-ring (bicyclic) bond motifs is 3. The molecule has 0 atom stereocenters. The van der Waals surface area contributed by atoms with Gasteiger partial charge < -0.3 is 9.67 Å². The minimum atomic E-state index is -0.0410. The Morgan fingerprint density at radius 2 is 0.984 bits per heavy atom. The average Bonchev–Trinajstić information content (AvgIpc) is 3.60. The van der Waals surface area contributed by atoms with Crippen LogP contribution in [-0.2, 0) is 16.2 Å². The lowest BCUT2D eigenvalue weighted by atomic mass is 9.80. The number of hydrogen-bond donors (Lipinski definition) is 1. The Balaban J connectivity index is 1.29. The van der Waals surface area contributed by atoms with Crippen molar-refractivity contribution in [2.75, 3.05) is 0 Å². The second-order valence-corrected chi connectivity index (χ2v) is 19.8. The van der Waals surface area contributed by atoms with Crippen LogP contribution in [-0.4, -0.2) is 19.6 Å². The maximum Gasteiger partial charge on any atom is 0.124 e. The smallest absolute Gasteiger partial charge is 0.124 e. The molecule has 0 bridgehead atoms. The number of phenolic OH excluding ortho intramolecular Hbond substituents is 1. The van der Waals surface area contributed by atoms with Gasteiger partial charge in [0.15, 0.2) is 0 Å². The first kappa shape index (κ1) is 40.6. The molecule has 4 nitrogen and oxygen atoms in total. The molecule has 0 amide bonds. The molecule has 62 heavy (non-hydrogen) atoms. The second kappa shape index (κ2) is 15.3. The summed E-state index contributed by atoms with van der Waals surface area (Å²) in [6, 6.07) is 55.9. The van der Waals surface area contributed by atoms with Gasteiger partial charge in [0.2, 0.25) is 0 Å².